The number of benzene rings is 2. The zero-order valence-electron chi connectivity index (χ0n) is 14.3. The molecule has 2 aromatic rings. The fraction of sp³-hybridized carbons (Fsp3) is 0.105. The number of nitrogens with zero attached hydrogens (tertiary/aromatic N) is 1. The molecule has 0 atom stereocenters. The Morgan fingerprint density at radius 1 is 1.19 bits per heavy atom. The molecule has 0 radical (unpaired) electrons. The molecule has 134 valence electrons. The lowest BCUT2D eigenvalue weighted by Gasteiger charge is -2.10. The van der Waals surface area contributed by atoms with Crippen LogP contribution < -0.4 is 16.1 Å². The van der Waals surface area contributed by atoms with Crippen molar-refractivity contribution in [2.45, 2.75) is 6.92 Å². The van der Waals surface area contributed by atoms with Gasteiger partial charge in [0.25, 0.3) is 0 Å². The average Bonchev–Trinajstić information content (AvgIpc) is 2.61. The SMILES string of the molecule is C=CCNC(=O)C(=O)N/N=C\c1cc(Br)ccc1Nc1cccc(C)c1. The van der Waals surface area contributed by atoms with Gasteiger partial charge in [0.2, 0.25) is 0 Å². The van der Waals surface area contributed by atoms with Gasteiger partial charge in [-0.2, -0.15) is 5.10 Å². The maximum Gasteiger partial charge on any atom is 0.329 e. The zero-order chi connectivity index (χ0) is 18.9. The number of anilines is 2. The van der Waals surface area contributed by atoms with E-state index < -0.39 is 11.8 Å². The van der Waals surface area contributed by atoms with Gasteiger partial charge in [-0.15, -0.1) is 6.58 Å². The van der Waals surface area contributed by atoms with Crippen molar-refractivity contribution in [2.75, 3.05) is 11.9 Å². The second kappa shape index (κ2) is 9.53. The summed E-state index contributed by atoms with van der Waals surface area (Å²) < 4.78 is 0.865. The Bertz CT molecular complexity index is 849. The number of aryl methyl sites for hydroxylation is 1. The van der Waals surface area contributed by atoms with Crippen LogP contribution in [0.15, 0.2) is 64.7 Å². The minimum Gasteiger partial charge on any atom is -0.355 e. The van der Waals surface area contributed by atoms with Crippen molar-refractivity contribution in [2.24, 2.45) is 5.10 Å². The lowest BCUT2D eigenvalue weighted by molar-refractivity contribution is -0.139. The summed E-state index contributed by atoms with van der Waals surface area (Å²) in [4.78, 5) is 23.1. The molecule has 6 nitrogen and oxygen atoms in total. The molecule has 2 rings (SSSR count). The van der Waals surface area contributed by atoms with E-state index in [0.717, 1.165) is 27.0 Å². The Morgan fingerprint density at radius 3 is 2.73 bits per heavy atom. The van der Waals surface area contributed by atoms with Gasteiger partial charge in [-0.1, -0.05) is 34.1 Å². The summed E-state index contributed by atoms with van der Waals surface area (Å²) in [6.45, 7) is 5.69. The van der Waals surface area contributed by atoms with Crippen LogP contribution in [0, 0.1) is 6.92 Å². The van der Waals surface area contributed by atoms with Crippen LogP contribution in [-0.4, -0.2) is 24.6 Å². The van der Waals surface area contributed by atoms with Crippen molar-refractivity contribution in [3.63, 3.8) is 0 Å². The Balaban J connectivity index is 2.10. The van der Waals surface area contributed by atoms with Gasteiger partial charge in [0.1, 0.15) is 0 Å². The fourth-order valence-electron chi connectivity index (χ4n) is 2.09. The first-order chi connectivity index (χ1) is 12.5. The highest BCUT2D eigenvalue weighted by atomic mass is 79.9. The molecule has 2 amide bonds. The highest BCUT2D eigenvalue weighted by molar-refractivity contribution is 9.10. The van der Waals surface area contributed by atoms with Crippen molar-refractivity contribution in [3.8, 4) is 0 Å². The number of halogens is 1. The third-order valence-electron chi connectivity index (χ3n) is 3.29. The largest absolute Gasteiger partial charge is 0.355 e. The van der Waals surface area contributed by atoms with E-state index >= 15 is 0 Å². The Hall–Kier alpha value is -2.93. The number of nitrogens with one attached hydrogen (secondary N) is 3. The van der Waals surface area contributed by atoms with E-state index in [4.69, 9.17) is 0 Å². The molecule has 0 spiro atoms. The minimum absolute atomic E-state index is 0.214. The van der Waals surface area contributed by atoms with Gasteiger partial charge in [-0.05, 0) is 42.8 Å². The van der Waals surface area contributed by atoms with E-state index in [1.807, 2.05) is 49.4 Å². The van der Waals surface area contributed by atoms with Gasteiger partial charge in [0.05, 0.1) is 6.21 Å². The molecule has 0 saturated heterocycles. The second-order valence-corrected chi connectivity index (χ2v) is 6.34. The number of amides is 2. The topological polar surface area (TPSA) is 82.6 Å². The fourth-order valence-corrected chi connectivity index (χ4v) is 2.47. The summed E-state index contributed by atoms with van der Waals surface area (Å²) in [5.74, 6) is -1.61. The first-order valence-electron chi connectivity index (χ1n) is 7.85. The molecule has 0 aromatic heterocycles. The monoisotopic (exact) mass is 414 g/mol. The average molecular weight is 415 g/mol. The van der Waals surface area contributed by atoms with E-state index in [1.54, 1.807) is 0 Å². The maximum atomic E-state index is 11.6. The molecular weight excluding hydrogens is 396 g/mol. The summed E-state index contributed by atoms with van der Waals surface area (Å²) in [5.41, 5.74) is 5.84. The molecule has 0 aliphatic carbocycles. The van der Waals surface area contributed by atoms with E-state index in [-0.39, 0.29) is 6.54 Å². The summed E-state index contributed by atoms with van der Waals surface area (Å²) in [6, 6.07) is 13.6. The summed E-state index contributed by atoms with van der Waals surface area (Å²) in [5, 5.41) is 9.55. The van der Waals surface area contributed by atoms with Crippen molar-refractivity contribution >= 4 is 45.3 Å². The van der Waals surface area contributed by atoms with E-state index in [2.05, 4.69) is 43.7 Å². The molecule has 0 bridgehead atoms. The Labute approximate surface area is 160 Å². The minimum atomic E-state index is -0.841. The van der Waals surface area contributed by atoms with Crippen LogP contribution in [-0.2, 0) is 9.59 Å². The van der Waals surface area contributed by atoms with Gasteiger partial charge < -0.3 is 10.6 Å². The van der Waals surface area contributed by atoms with Crippen LogP contribution >= 0.6 is 15.9 Å². The summed E-state index contributed by atoms with van der Waals surface area (Å²) >= 11 is 3.42. The number of carbonyl (C=O) groups excluding carboxylic acids is 2. The first kappa shape index (κ1) is 19.4. The molecule has 0 aliphatic heterocycles. The molecule has 26 heavy (non-hydrogen) atoms. The van der Waals surface area contributed by atoms with Crippen molar-refractivity contribution in [1.29, 1.82) is 0 Å². The van der Waals surface area contributed by atoms with Gasteiger partial charge >= 0.3 is 11.8 Å². The van der Waals surface area contributed by atoms with Crippen LogP contribution in [0.4, 0.5) is 11.4 Å². The van der Waals surface area contributed by atoms with Crippen LogP contribution in [0.5, 0.6) is 0 Å². The summed E-state index contributed by atoms with van der Waals surface area (Å²) in [6.07, 6.45) is 2.96. The number of rotatable bonds is 6. The lowest BCUT2D eigenvalue weighted by Crippen LogP contribution is -2.37. The van der Waals surface area contributed by atoms with Crippen molar-refractivity contribution in [1.82, 2.24) is 10.7 Å². The Morgan fingerprint density at radius 2 is 2.00 bits per heavy atom. The van der Waals surface area contributed by atoms with Crippen LogP contribution in [0.2, 0.25) is 0 Å². The number of hydrazone groups is 1. The lowest BCUT2D eigenvalue weighted by atomic mass is 10.1. The van der Waals surface area contributed by atoms with Gasteiger partial charge in [-0.3, -0.25) is 9.59 Å². The molecule has 0 aliphatic rings. The number of carbonyl (C=O) groups is 2. The van der Waals surface area contributed by atoms with Crippen molar-refractivity contribution in [3.05, 3.63) is 70.7 Å². The molecular formula is C19H19BrN4O2. The van der Waals surface area contributed by atoms with Crippen LogP contribution in [0.25, 0.3) is 0 Å². The standard InChI is InChI=1S/C19H19BrN4O2/c1-3-9-21-18(25)19(26)24-22-12-14-11-15(20)7-8-17(14)23-16-6-4-5-13(2)10-16/h3-8,10-12,23H,1,9H2,2H3,(H,21,25)(H,24,26)/b22-12-. The predicted molar refractivity (Wildman–Crippen MR) is 108 cm³/mol. The first-order valence-corrected chi connectivity index (χ1v) is 8.64. The summed E-state index contributed by atoms with van der Waals surface area (Å²) in [7, 11) is 0. The quantitative estimate of drug-likeness (QED) is 0.293. The highest BCUT2D eigenvalue weighted by Gasteiger charge is 2.10. The van der Waals surface area contributed by atoms with Gasteiger partial charge in [0.15, 0.2) is 0 Å². The zero-order valence-corrected chi connectivity index (χ0v) is 15.8. The maximum absolute atomic E-state index is 11.6. The molecule has 0 fully saturated rings. The molecule has 0 unspecified atom stereocenters. The third kappa shape index (κ3) is 5.86. The number of hydrogen-bond acceptors (Lipinski definition) is 4. The van der Waals surface area contributed by atoms with Crippen LogP contribution in [0.1, 0.15) is 11.1 Å². The Kier molecular flexibility index (Phi) is 7.11. The number of hydrogen-bond donors (Lipinski definition) is 3. The van der Waals surface area contributed by atoms with E-state index in [1.165, 1.54) is 12.3 Å². The molecule has 7 heteroatoms. The second-order valence-electron chi connectivity index (χ2n) is 5.42. The predicted octanol–water partition coefficient (Wildman–Crippen LogP) is 3.25. The highest BCUT2D eigenvalue weighted by Crippen LogP contribution is 2.23. The normalized spacial score (nSPS) is 10.4. The smallest absolute Gasteiger partial charge is 0.329 e. The molecule has 0 saturated carbocycles. The van der Waals surface area contributed by atoms with Crippen LogP contribution in [0.3, 0.4) is 0 Å². The third-order valence-corrected chi connectivity index (χ3v) is 3.79. The van der Waals surface area contributed by atoms with Gasteiger partial charge in [-0.25, -0.2) is 5.43 Å². The van der Waals surface area contributed by atoms with Gasteiger partial charge in [0, 0.05) is 28.0 Å². The molecule has 2 aromatic carbocycles. The van der Waals surface area contributed by atoms with E-state index in [9.17, 15) is 9.59 Å². The molecule has 3 N–H and O–H groups in total. The molecule has 0 heterocycles. The van der Waals surface area contributed by atoms with Crippen molar-refractivity contribution < 1.29 is 9.59 Å². The van der Waals surface area contributed by atoms with E-state index in [0.29, 0.717) is 0 Å².